The average Bonchev–Trinajstić information content (AvgIpc) is 2.96. The molecule has 0 saturated carbocycles. The molecule has 1 unspecified atom stereocenters. The molecule has 0 amide bonds. The molecule has 0 radical (unpaired) electrons. The van der Waals surface area contributed by atoms with Gasteiger partial charge in [0.25, 0.3) is 0 Å². The number of benzene rings is 1. The normalized spacial score (nSPS) is 16.9. The molecule has 1 aliphatic carbocycles. The quantitative estimate of drug-likeness (QED) is 0.646. The summed E-state index contributed by atoms with van der Waals surface area (Å²) in [7, 11) is 0. The third-order valence-corrected chi connectivity index (χ3v) is 4.24. The molecule has 114 valence electrons. The number of nitriles is 1. The van der Waals surface area contributed by atoms with Gasteiger partial charge in [-0.1, -0.05) is 43.3 Å². The van der Waals surface area contributed by atoms with E-state index in [1.54, 1.807) is 6.08 Å². The van der Waals surface area contributed by atoms with E-state index in [1.165, 1.54) is 0 Å². The first kappa shape index (κ1) is 16.2. The van der Waals surface area contributed by atoms with Crippen LogP contribution in [0.25, 0.3) is 5.57 Å². The lowest BCUT2D eigenvalue weighted by molar-refractivity contribution is 0.261. The summed E-state index contributed by atoms with van der Waals surface area (Å²) in [5.41, 5.74) is 6.57. The minimum Gasteiger partial charge on any atom is -0.251 e. The minimum atomic E-state index is -1.38. The van der Waals surface area contributed by atoms with Gasteiger partial charge in [-0.2, -0.15) is 9.55 Å². The van der Waals surface area contributed by atoms with Gasteiger partial charge in [0.2, 0.25) is 0 Å². The van der Waals surface area contributed by atoms with Crippen LogP contribution in [-0.2, 0) is 15.4 Å². The molecule has 2 rings (SSSR count). The molecule has 4 nitrogen and oxygen atoms in total. The number of allylic oxidation sites excluding steroid dienone is 4. The van der Waals surface area contributed by atoms with Crippen LogP contribution in [-0.4, -0.2) is 9.96 Å². The monoisotopic (exact) mass is 314 g/mol. The Balaban J connectivity index is 2.27. The molecule has 1 aromatic carbocycles. The van der Waals surface area contributed by atoms with E-state index in [9.17, 15) is 9.47 Å². The Hall–Kier alpha value is -2.16. The van der Waals surface area contributed by atoms with Crippen LogP contribution in [0.5, 0.6) is 0 Å². The molecule has 1 aliphatic rings. The second-order valence-corrected chi connectivity index (χ2v) is 6.03. The Kier molecular flexibility index (Phi) is 5.70. The van der Waals surface area contributed by atoms with Crippen molar-refractivity contribution in [2.24, 2.45) is 0 Å². The van der Waals surface area contributed by atoms with Gasteiger partial charge < -0.3 is 0 Å². The SMILES string of the molecule is CCCS(=O)ONC1=CC=C/C1=C(/C#N)c1ccccc1C. The molecular formula is C17H18N2O2S. The third-order valence-electron chi connectivity index (χ3n) is 3.23. The Morgan fingerprint density at radius 3 is 2.86 bits per heavy atom. The van der Waals surface area contributed by atoms with Gasteiger partial charge in [0, 0.05) is 5.57 Å². The van der Waals surface area contributed by atoms with Crippen LogP contribution in [0.3, 0.4) is 0 Å². The van der Waals surface area contributed by atoms with Crippen molar-refractivity contribution in [2.45, 2.75) is 20.3 Å². The van der Waals surface area contributed by atoms with Crippen LogP contribution >= 0.6 is 0 Å². The molecule has 22 heavy (non-hydrogen) atoms. The van der Waals surface area contributed by atoms with E-state index >= 15 is 0 Å². The lowest BCUT2D eigenvalue weighted by Crippen LogP contribution is -2.18. The molecule has 1 aromatic rings. The molecule has 0 fully saturated rings. The lowest BCUT2D eigenvalue weighted by Gasteiger charge is -2.11. The number of nitrogens with zero attached hydrogens (tertiary/aromatic N) is 1. The van der Waals surface area contributed by atoms with Gasteiger partial charge in [0.15, 0.2) is 11.1 Å². The Labute approximate surface area is 133 Å². The minimum absolute atomic E-state index is 0.468. The van der Waals surface area contributed by atoms with Crippen LogP contribution in [0.2, 0.25) is 0 Å². The molecule has 0 aromatic heterocycles. The van der Waals surface area contributed by atoms with E-state index < -0.39 is 11.1 Å². The first-order chi connectivity index (χ1) is 10.7. The maximum atomic E-state index is 11.6. The van der Waals surface area contributed by atoms with E-state index in [1.807, 2.05) is 50.3 Å². The van der Waals surface area contributed by atoms with Crippen molar-refractivity contribution < 1.29 is 8.49 Å². The zero-order valence-corrected chi connectivity index (χ0v) is 13.4. The maximum absolute atomic E-state index is 11.6. The summed E-state index contributed by atoms with van der Waals surface area (Å²) in [4.78, 5) is 0. The predicted octanol–water partition coefficient (Wildman–Crippen LogP) is 3.32. The average molecular weight is 314 g/mol. The fourth-order valence-corrected chi connectivity index (χ4v) is 2.75. The van der Waals surface area contributed by atoms with E-state index in [4.69, 9.17) is 4.28 Å². The van der Waals surface area contributed by atoms with Gasteiger partial charge in [0.1, 0.15) is 6.07 Å². The predicted molar refractivity (Wildman–Crippen MR) is 88.5 cm³/mol. The maximum Gasteiger partial charge on any atom is 0.179 e. The highest BCUT2D eigenvalue weighted by Gasteiger charge is 2.16. The molecule has 5 heteroatoms. The highest BCUT2D eigenvalue weighted by atomic mass is 32.2. The molecule has 0 spiro atoms. The van der Waals surface area contributed by atoms with Crippen molar-refractivity contribution >= 4 is 16.7 Å². The van der Waals surface area contributed by atoms with Crippen molar-refractivity contribution in [3.63, 3.8) is 0 Å². The van der Waals surface area contributed by atoms with Crippen molar-refractivity contribution in [3.05, 3.63) is 64.9 Å². The zero-order valence-electron chi connectivity index (χ0n) is 12.6. The topological polar surface area (TPSA) is 62.1 Å². The number of hydroxylamine groups is 1. The van der Waals surface area contributed by atoms with Gasteiger partial charge in [-0.15, -0.1) is 0 Å². The second kappa shape index (κ2) is 7.74. The zero-order chi connectivity index (χ0) is 15.9. The fraction of sp³-hybridized carbons (Fsp3) is 0.235. The summed E-state index contributed by atoms with van der Waals surface area (Å²) < 4.78 is 16.7. The molecule has 1 N–H and O–H groups in total. The van der Waals surface area contributed by atoms with Crippen LogP contribution in [0, 0.1) is 18.3 Å². The standard InChI is InChI=1S/C17H18N2O2S/c1-3-11-22(20)21-19-17-10-6-9-15(17)16(12-18)14-8-5-4-7-13(14)2/h4-10,19H,3,11H2,1-2H3/b16-15+. The number of hydrogen-bond donors (Lipinski definition) is 1. The molecular weight excluding hydrogens is 296 g/mol. The van der Waals surface area contributed by atoms with Crippen LogP contribution < -0.4 is 5.48 Å². The fourth-order valence-electron chi connectivity index (χ4n) is 2.15. The lowest BCUT2D eigenvalue weighted by atomic mass is 9.96. The third kappa shape index (κ3) is 3.73. The Morgan fingerprint density at radius 1 is 1.41 bits per heavy atom. The summed E-state index contributed by atoms with van der Waals surface area (Å²) >= 11 is -1.38. The van der Waals surface area contributed by atoms with E-state index in [-0.39, 0.29) is 0 Å². The highest BCUT2D eigenvalue weighted by Crippen LogP contribution is 2.28. The smallest absolute Gasteiger partial charge is 0.179 e. The highest BCUT2D eigenvalue weighted by molar-refractivity contribution is 7.80. The summed E-state index contributed by atoms with van der Waals surface area (Å²) in [6, 6.07) is 9.99. The number of nitrogens with one attached hydrogen (secondary N) is 1. The first-order valence-electron chi connectivity index (χ1n) is 7.08. The van der Waals surface area contributed by atoms with Crippen molar-refractivity contribution in [3.8, 4) is 6.07 Å². The Morgan fingerprint density at radius 2 is 2.18 bits per heavy atom. The van der Waals surface area contributed by atoms with Gasteiger partial charge >= 0.3 is 0 Å². The van der Waals surface area contributed by atoms with E-state index in [0.717, 1.165) is 23.1 Å². The van der Waals surface area contributed by atoms with Gasteiger partial charge in [0.05, 0.1) is 17.0 Å². The molecule has 0 heterocycles. The van der Waals surface area contributed by atoms with Crippen LogP contribution in [0.4, 0.5) is 0 Å². The van der Waals surface area contributed by atoms with Crippen molar-refractivity contribution in [1.29, 1.82) is 5.26 Å². The molecule has 0 saturated heterocycles. The number of rotatable bonds is 6. The van der Waals surface area contributed by atoms with E-state index in [0.29, 0.717) is 17.0 Å². The summed E-state index contributed by atoms with van der Waals surface area (Å²) in [5, 5.41) is 9.55. The largest absolute Gasteiger partial charge is 0.251 e. The van der Waals surface area contributed by atoms with Gasteiger partial charge in [-0.05, 0) is 30.5 Å². The Bertz CT molecular complexity index is 712. The number of aryl methyl sites for hydroxylation is 1. The molecule has 0 bridgehead atoms. The van der Waals surface area contributed by atoms with E-state index in [2.05, 4.69) is 11.5 Å². The van der Waals surface area contributed by atoms with Crippen LogP contribution in [0.15, 0.2) is 53.8 Å². The van der Waals surface area contributed by atoms with Crippen LogP contribution in [0.1, 0.15) is 24.5 Å². The second-order valence-electron chi connectivity index (χ2n) is 4.85. The van der Waals surface area contributed by atoms with Crippen molar-refractivity contribution in [1.82, 2.24) is 5.48 Å². The molecule has 1 atom stereocenters. The first-order valence-corrected chi connectivity index (χ1v) is 8.32. The molecule has 0 aliphatic heterocycles. The summed E-state index contributed by atoms with van der Waals surface area (Å²) in [6.07, 6.45) is 6.26. The van der Waals surface area contributed by atoms with Crippen molar-refractivity contribution in [2.75, 3.05) is 5.75 Å². The summed E-state index contributed by atoms with van der Waals surface area (Å²) in [5.74, 6) is 0.468. The van der Waals surface area contributed by atoms with Gasteiger partial charge in [-0.3, -0.25) is 5.48 Å². The summed E-state index contributed by atoms with van der Waals surface area (Å²) in [6.45, 7) is 3.91. The van der Waals surface area contributed by atoms with Gasteiger partial charge in [-0.25, -0.2) is 4.21 Å². The number of hydrogen-bond acceptors (Lipinski definition) is 4.